The molecule has 3 heterocycles. The standard InChI is InChI=1S/C12H11ClN2O5/c1-5-4-20-7-3-14-2-6(12(18)19)10(16)8(13)9(14)11(17)15(5)7/h2,5,7H,3-4H2,1H3,(H,18,19)/t5-,7+/m0/s1. The van der Waals surface area contributed by atoms with E-state index in [1.165, 1.54) is 9.47 Å². The lowest BCUT2D eigenvalue weighted by molar-refractivity contribution is 0.00669. The van der Waals surface area contributed by atoms with E-state index in [0.29, 0.717) is 6.61 Å². The van der Waals surface area contributed by atoms with Crippen LogP contribution in [-0.2, 0) is 11.3 Å². The van der Waals surface area contributed by atoms with E-state index in [-0.39, 0.29) is 23.3 Å². The van der Waals surface area contributed by atoms with E-state index in [4.69, 9.17) is 21.4 Å². The number of halogens is 1. The number of aromatic carboxylic acids is 1. The zero-order valence-electron chi connectivity index (χ0n) is 10.5. The van der Waals surface area contributed by atoms with E-state index in [2.05, 4.69) is 0 Å². The van der Waals surface area contributed by atoms with Gasteiger partial charge in [-0.3, -0.25) is 9.59 Å². The Morgan fingerprint density at radius 3 is 2.85 bits per heavy atom. The number of carboxylic acids is 1. The number of amides is 1. The number of carboxylic acid groups (broad SMARTS) is 1. The fourth-order valence-corrected chi connectivity index (χ4v) is 2.89. The lowest BCUT2D eigenvalue weighted by Gasteiger charge is -2.33. The van der Waals surface area contributed by atoms with Gasteiger partial charge in [0.1, 0.15) is 16.3 Å². The molecule has 2 aliphatic heterocycles. The Morgan fingerprint density at radius 2 is 2.20 bits per heavy atom. The fraction of sp³-hybridized carbons (Fsp3) is 0.417. The molecule has 1 saturated heterocycles. The second kappa shape index (κ2) is 4.32. The number of carbonyl (C=O) groups is 2. The zero-order chi connectivity index (χ0) is 14.6. The van der Waals surface area contributed by atoms with Crippen molar-refractivity contribution < 1.29 is 19.4 Å². The summed E-state index contributed by atoms with van der Waals surface area (Å²) in [5, 5.41) is 8.63. The molecular formula is C12H11ClN2O5. The minimum absolute atomic E-state index is 0.0234. The maximum atomic E-state index is 12.4. The third-order valence-electron chi connectivity index (χ3n) is 3.56. The Hall–Kier alpha value is -1.86. The molecule has 0 saturated carbocycles. The zero-order valence-corrected chi connectivity index (χ0v) is 11.3. The van der Waals surface area contributed by atoms with Gasteiger partial charge in [-0.25, -0.2) is 4.79 Å². The first kappa shape index (κ1) is 13.1. The molecule has 0 radical (unpaired) electrons. The number of fused-ring (bicyclic) bond motifs is 2. The molecule has 1 fully saturated rings. The molecule has 0 aromatic carbocycles. The van der Waals surface area contributed by atoms with Crippen molar-refractivity contribution in [2.24, 2.45) is 0 Å². The van der Waals surface area contributed by atoms with Crippen LogP contribution in [0.3, 0.4) is 0 Å². The van der Waals surface area contributed by atoms with Crippen LogP contribution < -0.4 is 5.43 Å². The summed E-state index contributed by atoms with van der Waals surface area (Å²) in [6.45, 7) is 2.50. The van der Waals surface area contributed by atoms with Crippen molar-refractivity contribution in [3.63, 3.8) is 0 Å². The van der Waals surface area contributed by atoms with E-state index >= 15 is 0 Å². The monoisotopic (exact) mass is 298 g/mol. The van der Waals surface area contributed by atoms with Gasteiger partial charge in [-0.1, -0.05) is 11.6 Å². The SMILES string of the molecule is C[C@H]1CO[C@@H]2Cn3cc(C(=O)O)c(=O)c(Cl)c3C(=O)N12. The minimum atomic E-state index is -1.37. The maximum Gasteiger partial charge on any atom is 0.341 e. The highest BCUT2D eigenvalue weighted by molar-refractivity contribution is 6.33. The van der Waals surface area contributed by atoms with Crippen molar-refractivity contribution in [3.05, 3.63) is 32.7 Å². The molecule has 8 heteroatoms. The predicted octanol–water partition coefficient (Wildman–Crippen LogP) is 0.401. The van der Waals surface area contributed by atoms with E-state index in [9.17, 15) is 14.4 Å². The summed E-state index contributed by atoms with van der Waals surface area (Å²) in [6.07, 6.45) is 0.693. The molecule has 1 N–H and O–H groups in total. The molecule has 0 spiro atoms. The molecule has 0 unspecified atom stereocenters. The van der Waals surface area contributed by atoms with Gasteiger partial charge in [-0.2, -0.15) is 0 Å². The summed E-state index contributed by atoms with van der Waals surface area (Å²) in [6, 6.07) is -0.105. The second-order valence-electron chi connectivity index (χ2n) is 4.84. The van der Waals surface area contributed by atoms with Crippen molar-refractivity contribution in [2.45, 2.75) is 25.7 Å². The Labute approximate surface area is 118 Å². The Balaban J connectivity index is 2.21. The number of hydrogen-bond acceptors (Lipinski definition) is 4. The number of pyridine rings is 1. The van der Waals surface area contributed by atoms with E-state index in [1.54, 1.807) is 0 Å². The van der Waals surface area contributed by atoms with Gasteiger partial charge in [0.05, 0.1) is 19.2 Å². The smallest absolute Gasteiger partial charge is 0.341 e. The molecule has 1 aromatic rings. The lowest BCUT2D eigenvalue weighted by atomic mass is 10.1. The highest BCUT2D eigenvalue weighted by Gasteiger charge is 2.42. The first-order chi connectivity index (χ1) is 9.41. The molecule has 20 heavy (non-hydrogen) atoms. The van der Waals surface area contributed by atoms with Gasteiger partial charge in [-0.15, -0.1) is 0 Å². The van der Waals surface area contributed by atoms with Gasteiger partial charge in [0.25, 0.3) is 5.91 Å². The molecule has 2 atom stereocenters. The van der Waals surface area contributed by atoms with Crippen molar-refractivity contribution in [1.82, 2.24) is 9.47 Å². The number of ether oxygens (including phenoxy) is 1. The average Bonchev–Trinajstić information content (AvgIpc) is 2.75. The topological polar surface area (TPSA) is 88.8 Å². The molecule has 1 aromatic heterocycles. The van der Waals surface area contributed by atoms with Crippen LogP contribution in [0.15, 0.2) is 11.0 Å². The van der Waals surface area contributed by atoms with Gasteiger partial charge in [-0.05, 0) is 6.92 Å². The third kappa shape index (κ3) is 1.66. The number of aromatic nitrogens is 1. The third-order valence-corrected chi connectivity index (χ3v) is 3.91. The van der Waals surface area contributed by atoms with Gasteiger partial charge >= 0.3 is 5.97 Å². The average molecular weight is 299 g/mol. The van der Waals surface area contributed by atoms with Crippen LogP contribution in [0.2, 0.25) is 5.02 Å². The number of rotatable bonds is 1. The lowest BCUT2D eigenvalue weighted by Crippen LogP contribution is -2.49. The van der Waals surface area contributed by atoms with Gasteiger partial charge in [0, 0.05) is 6.20 Å². The van der Waals surface area contributed by atoms with Crippen LogP contribution in [0.1, 0.15) is 27.8 Å². The van der Waals surface area contributed by atoms with Gasteiger partial charge < -0.3 is 19.3 Å². The summed E-state index contributed by atoms with van der Waals surface area (Å²) < 4.78 is 6.87. The van der Waals surface area contributed by atoms with Crippen LogP contribution in [0, 0.1) is 0 Å². The first-order valence-corrected chi connectivity index (χ1v) is 6.40. The van der Waals surface area contributed by atoms with E-state index in [1.807, 2.05) is 6.92 Å². The molecule has 0 bridgehead atoms. The van der Waals surface area contributed by atoms with Crippen LogP contribution >= 0.6 is 11.6 Å². The molecule has 3 rings (SSSR count). The molecule has 106 valence electrons. The Morgan fingerprint density at radius 1 is 1.50 bits per heavy atom. The highest BCUT2D eigenvalue weighted by atomic mass is 35.5. The normalized spacial score (nSPS) is 24.5. The number of carbonyl (C=O) groups excluding carboxylic acids is 1. The van der Waals surface area contributed by atoms with Crippen molar-refractivity contribution in [1.29, 1.82) is 0 Å². The van der Waals surface area contributed by atoms with E-state index in [0.717, 1.165) is 6.20 Å². The van der Waals surface area contributed by atoms with Crippen molar-refractivity contribution >= 4 is 23.5 Å². The number of hydrogen-bond donors (Lipinski definition) is 1. The van der Waals surface area contributed by atoms with Crippen molar-refractivity contribution in [2.75, 3.05) is 6.61 Å². The Bertz CT molecular complexity index is 683. The number of nitrogens with zero attached hydrogens (tertiary/aromatic N) is 2. The van der Waals surface area contributed by atoms with Crippen LogP contribution in [0.4, 0.5) is 0 Å². The highest BCUT2D eigenvalue weighted by Crippen LogP contribution is 2.28. The predicted molar refractivity (Wildman–Crippen MR) is 68.0 cm³/mol. The second-order valence-corrected chi connectivity index (χ2v) is 5.22. The first-order valence-electron chi connectivity index (χ1n) is 6.02. The largest absolute Gasteiger partial charge is 0.477 e. The van der Waals surface area contributed by atoms with Crippen molar-refractivity contribution in [3.8, 4) is 0 Å². The van der Waals surface area contributed by atoms with Gasteiger partial charge in [0.2, 0.25) is 5.43 Å². The molecule has 1 amide bonds. The van der Waals surface area contributed by atoms with Crippen LogP contribution in [0.25, 0.3) is 0 Å². The summed E-state index contributed by atoms with van der Waals surface area (Å²) in [5.74, 6) is -1.78. The Kier molecular flexibility index (Phi) is 2.84. The fourth-order valence-electron chi connectivity index (χ4n) is 2.60. The molecule has 2 aliphatic rings. The van der Waals surface area contributed by atoms with E-state index < -0.39 is 29.1 Å². The van der Waals surface area contributed by atoms with Gasteiger partial charge in [0.15, 0.2) is 6.23 Å². The molecule has 7 nitrogen and oxygen atoms in total. The summed E-state index contributed by atoms with van der Waals surface area (Å²) in [4.78, 5) is 36.8. The van der Waals surface area contributed by atoms with Crippen LogP contribution in [0.5, 0.6) is 0 Å². The summed E-state index contributed by atoms with van der Waals surface area (Å²) in [7, 11) is 0. The summed E-state index contributed by atoms with van der Waals surface area (Å²) in [5.41, 5.74) is -1.27. The maximum absolute atomic E-state index is 12.4. The molecule has 0 aliphatic carbocycles. The minimum Gasteiger partial charge on any atom is -0.477 e. The van der Waals surface area contributed by atoms with Crippen LogP contribution in [-0.4, -0.2) is 45.3 Å². The summed E-state index contributed by atoms with van der Waals surface area (Å²) >= 11 is 5.91. The quantitative estimate of drug-likeness (QED) is 0.811. The molecular weight excluding hydrogens is 288 g/mol.